The van der Waals surface area contributed by atoms with E-state index in [-0.39, 0.29) is 11.8 Å². The lowest BCUT2D eigenvalue weighted by molar-refractivity contribution is -0.117. The van der Waals surface area contributed by atoms with Crippen LogP contribution in [-0.2, 0) is 4.79 Å². The molecule has 2 amide bonds. The van der Waals surface area contributed by atoms with Gasteiger partial charge in [0, 0.05) is 35.8 Å². The van der Waals surface area contributed by atoms with Gasteiger partial charge in [-0.25, -0.2) is 0 Å². The molecular formula is C21H26N4O2. The van der Waals surface area contributed by atoms with E-state index in [1.54, 1.807) is 36.7 Å². The quantitative estimate of drug-likeness (QED) is 0.732. The van der Waals surface area contributed by atoms with Crippen molar-refractivity contribution in [2.45, 2.75) is 26.2 Å². The molecule has 0 spiro atoms. The molecule has 2 aromatic rings. The van der Waals surface area contributed by atoms with Crippen LogP contribution in [0.25, 0.3) is 0 Å². The van der Waals surface area contributed by atoms with Crippen molar-refractivity contribution in [3.05, 3.63) is 54.4 Å². The number of carbonyl (C=O) groups excluding carboxylic acids is 2. The summed E-state index contributed by atoms with van der Waals surface area (Å²) < 4.78 is 0. The zero-order valence-corrected chi connectivity index (χ0v) is 15.6. The lowest BCUT2D eigenvalue weighted by atomic mass is 9.85. The fraction of sp³-hybridized carbons (Fsp3) is 0.381. The Hall–Kier alpha value is -2.73. The number of pyridine rings is 1. The van der Waals surface area contributed by atoms with E-state index in [1.807, 2.05) is 12.1 Å². The molecule has 1 saturated heterocycles. The van der Waals surface area contributed by atoms with Crippen LogP contribution in [0, 0.1) is 11.8 Å². The summed E-state index contributed by atoms with van der Waals surface area (Å²) in [5.74, 6) is 0.688. The van der Waals surface area contributed by atoms with Crippen LogP contribution in [0.3, 0.4) is 0 Å². The smallest absolute Gasteiger partial charge is 0.255 e. The van der Waals surface area contributed by atoms with Crippen molar-refractivity contribution in [2.24, 2.45) is 11.8 Å². The van der Waals surface area contributed by atoms with Crippen molar-refractivity contribution >= 4 is 23.2 Å². The van der Waals surface area contributed by atoms with Crippen molar-refractivity contribution in [1.82, 2.24) is 10.3 Å². The van der Waals surface area contributed by atoms with Crippen LogP contribution < -0.4 is 16.0 Å². The Morgan fingerprint density at radius 3 is 2.63 bits per heavy atom. The van der Waals surface area contributed by atoms with E-state index in [1.165, 1.54) is 12.8 Å². The maximum Gasteiger partial charge on any atom is 0.255 e. The second-order valence-electron chi connectivity index (χ2n) is 7.11. The zero-order chi connectivity index (χ0) is 19.1. The van der Waals surface area contributed by atoms with E-state index in [0.717, 1.165) is 13.1 Å². The molecule has 142 valence electrons. The van der Waals surface area contributed by atoms with E-state index < -0.39 is 0 Å². The molecule has 1 aliphatic rings. The number of hydrogen-bond donors (Lipinski definition) is 3. The number of nitrogens with zero attached hydrogens (tertiary/aromatic N) is 1. The van der Waals surface area contributed by atoms with Crippen LogP contribution in [0.2, 0.25) is 0 Å². The monoisotopic (exact) mass is 366 g/mol. The van der Waals surface area contributed by atoms with Crippen molar-refractivity contribution in [3.8, 4) is 0 Å². The number of anilines is 2. The molecule has 0 saturated carbocycles. The number of carbonyl (C=O) groups is 2. The predicted molar refractivity (Wildman–Crippen MR) is 107 cm³/mol. The topological polar surface area (TPSA) is 83.1 Å². The molecule has 2 unspecified atom stereocenters. The minimum absolute atomic E-state index is 0.00526. The third kappa shape index (κ3) is 5.62. The third-order valence-electron chi connectivity index (χ3n) is 4.99. The highest BCUT2D eigenvalue weighted by atomic mass is 16.2. The minimum Gasteiger partial charge on any atom is -0.326 e. The first-order chi connectivity index (χ1) is 13.1. The minimum atomic E-state index is -0.209. The first-order valence-electron chi connectivity index (χ1n) is 9.44. The Morgan fingerprint density at radius 1 is 1.19 bits per heavy atom. The van der Waals surface area contributed by atoms with Gasteiger partial charge in [-0.05, 0) is 68.1 Å². The fourth-order valence-corrected chi connectivity index (χ4v) is 3.42. The highest BCUT2D eigenvalue weighted by Crippen LogP contribution is 2.23. The summed E-state index contributed by atoms with van der Waals surface area (Å²) in [4.78, 5) is 28.5. The van der Waals surface area contributed by atoms with Gasteiger partial charge in [0.25, 0.3) is 5.91 Å². The van der Waals surface area contributed by atoms with Crippen LogP contribution in [-0.4, -0.2) is 29.9 Å². The fourth-order valence-electron chi connectivity index (χ4n) is 3.42. The molecule has 6 nitrogen and oxygen atoms in total. The standard InChI is InChI=1S/C21H26N4O2/c1-15(17-4-3-9-23-14-17)12-20(26)24-18-5-2-6-19(13-18)25-21(27)16-7-10-22-11-8-16/h2,5-8,10-11,13,15,17,23H,3-4,9,12,14H2,1H3,(H,24,26)(H,25,27). The van der Waals surface area contributed by atoms with Gasteiger partial charge in [0.05, 0.1) is 0 Å². The summed E-state index contributed by atoms with van der Waals surface area (Å²) in [6.07, 6.45) is 6.01. The van der Waals surface area contributed by atoms with E-state index in [4.69, 9.17) is 0 Å². The number of piperidine rings is 1. The Balaban J connectivity index is 1.55. The average Bonchev–Trinajstić information content (AvgIpc) is 2.69. The van der Waals surface area contributed by atoms with Crippen molar-refractivity contribution < 1.29 is 9.59 Å². The summed E-state index contributed by atoms with van der Waals surface area (Å²) in [6.45, 7) is 4.21. The van der Waals surface area contributed by atoms with E-state index in [9.17, 15) is 9.59 Å². The second kappa shape index (κ2) is 9.28. The summed E-state index contributed by atoms with van der Waals surface area (Å²) >= 11 is 0. The number of hydrogen-bond acceptors (Lipinski definition) is 4. The number of rotatable bonds is 6. The Labute approximate surface area is 159 Å². The Morgan fingerprint density at radius 2 is 1.93 bits per heavy atom. The maximum absolute atomic E-state index is 12.4. The maximum atomic E-state index is 12.4. The first-order valence-corrected chi connectivity index (χ1v) is 9.44. The van der Waals surface area contributed by atoms with Crippen LogP contribution in [0.5, 0.6) is 0 Å². The van der Waals surface area contributed by atoms with Crippen LogP contribution in [0.4, 0.5) is 11.4 Å². The van der Waals surface area contributed by atoms with Gasteiger partial charge in [-0.15, -0.1) is 0 Å². The van der Waals surface area contributed by atoms with E-state index in [2.05, 4.69) is 27.9 Å². The largest absolute Gasteiger partial charge is 0.326 e. The normalized spacial score (nSPS) is 17.7. The van der Waals surface area contributed by atoms with Crippen molar-refractivity contribution in [2.75, 3.05) is 23.7 Å². The van der Waals surface area contributed by atoms with Gasteiger partial charge in [-0.2, -0.15) is 0 Å². The third-order valence-corrected chi connectivity index (χ3v) is 4.99. The molecule has 1 aliphatic heterocycles. The molecule has 0 aliphatic carbocycles. The van der Waals surface area contributed by atoms with Crippen LogP contribution in [0.1, 0.15) is 36.5 Å². The number of amides is 2. The summed E-state index contributed by atoms with van der Waals surface area (Å²) in [5, 5.41) is 9.18. The molecule has 2 heterocycles. The molecule has 1 aromatic heterocycles. The molecule has 1 fully saturated rings. The lowest BCUT2D eigenvalue weighted by Crippen LogP contribution is -2.34. The summed E-state index contributed by atoms with van der Waals surface area (Å²) in [7, 11) is 0. The summed E-state index contributed by atoms with van der Waals surface area (Å²) in [5.41, 5.74) is 1.86. The van der Waals surface area contributed by atoms with E-state index >= 15 is 0 Å². The van der Waals surface area contributed by atoms with E-state index in [0.29, 0.717) is 35.2 Å². The van der Waals surface area contributed by atoms with Gasteiger partial charge in [-0.3, -0.25) is 14.6 Å². The Kier molecular flexibility index (Phi) is 6.54. The van der Waals surface area contributed by atoms with Crippen molar-refractivity contribution in [1.29, 1.82) is 0 Å². The molecular weight excluding hydrogens is 340 g/mol. The molecule has 0 radical (unpaired) electrons. The molecule has 1 aromatic carbocycles. The second-order valence-corrected chi connectivity index (χ2v) is 7.11. The van der Waals surface area contributed by atoms with Crippen LogP contribution in [0.15, 0.2) is 48.8 Å². The first kappa shape index (κ1) is 19.0. The summed E-state index contributed by atoms with van der Waals surface area (Å²) in [6, 6.07) is 10.5. The number of benzene rings is 1. The predicted octanol–water partition coefficient (Wildman–Crippen LogP) is 3.30. The van der Waals surface area contributed by atoms with Crippen LogP contribution >= 0.6 is 0 Å². The average molecular weight is 366 g/mol. The molecule has 0 bridgehead atoms. The molecule has 2 atom stereocenters. The molecule has 3 N–H and O–H groups in total. The van der Waals surface area contributed by atoms with Gasteiger partial charge in [-0.1, -0.05) is 13.0 Å². The Bertz CT molecular complexity index is 773. The number of aromatic nitrogens is 1. The van der Waals surface area contributed by atoms with Gasteiger partial charge in [0.1, 0.15) is 0 Å². The number of nitrogens with one attached hydrogen (secondary N) is 3. The highest BCUT2D eigenvalue weighted by Gasteiger charge is 2.22. The zero-order valence-electron chi connectivity index (χ0n) is 15.6. The molecule has 27 heavy (non-hydrogen) atoms. The molecule has 3 rings (SSSR count). The van der Waals surface area contributed by atoms with Gasteiger partial charge in [0.15, 0.2) is 0 Å². The van der Waals surface area contributed by atoms with Crippen molar-refractivity contribution in [3.63, 3.8) is 0 Å². The highest BCUT2D eigenvalue weighted by molar-refractivity contribution is 6.04. The molecule has 6 heteroatoms. The lowest BCUT2D eigenvalue weighted by Gasteiger charge is -2.28. The van der Waals surface area contributed by atoms with Gasteiger partial charge in [0.2, 0.25) is 5.91 Å². The van der Waals surface area contributed by atoms with Gasteiger partial charge < -0.3 is 16.0 Å². The SMILES string of the molecule is CC(CC(=O)Nc1cccc(NC(=O)c2ccncc2)c1)C1CCCNC1. The van der Waals surface area contributed by atoms with Gasteiger partial charge >= 0.3 is 0 Å².